The number of likely N-dealkylation sites (tertiary alicyclic amines) is 1. The summed E-state index contributed by atoms with van der Waals surface area (Å²) in [5.74, 6) is -0.343. The average molecular weight is 764 g/mol. The lowest BCUT2D eigenvalue weighted by Gasteiger charge is -2.36. The van der Waals surface area contributed by atoms with Crippen LogP contribution < -0.4 is 16.0 Å². The molecular weight excluding hydrogens is 695 g/mol. The van der Waals surface area contributed by atoms with Crippen LogP contribution in [0.1, 0.15) is 109 Å². The smallest absolute Gasteiger partial charge is 0.240 e. The fraction of sp³-hybridized carbons (Fsp3) is 0.682. The Morgan fingerprint density at radius 1 is 0.945 bits per heavy atom. The van der Waals surface area contributed by atoms with Crippen molar-refractivity contribution < 1.29 is 29.0 Å². The maximum absolute atomic E-state index is 14.4. The van der Waals surface area contributed by atoms with Crippen LogP contribution in [0.5, 0.6) is 0 Å². The first-order valence-electron chi connectivity index (χ1n) is 21.0. The molecular formula is C44H69N5O6. The number of benzene rings is 1. The molecule has 2 fully saturated rings. The van der Waals surface area contributed by atoms with Gasteiger partial charge in [-0.25, -0.2) is 0 Å². The topological polar surface area (TPSA) is 142 Å². The third-order valence-electron chi connectivity index (χ3n) is 11.5. The molecule has 11 nitrogen and oxygen atoms in total. The second-order valence-electron chi connectivity index (χ2n) is 16.1. The van der Waals surface area contributed by atoms with Gasteiger partial charge in [-0.2, -0.15) is 0 Å². The summed E-state index contributed by atoms with van der Waals surface area (Å²) in [5.41, 5.74) is 1.93. The molecule has 3 amide bonds. The first-order valence-corrected chi connectivity index (χ1v) is 21.0. The second kappa shape index (κ2) is 24.3. The molecule has 4 N–H and O–H groups in total. The number of unbranched alkanes of at least 4 members (excludes halogenated alkanes) is 1. The van der Waals surface area contributed by atoms with Crippen LogP contribution in [0.3, 0.4) is 0 Å². The molecule has 306 valence electrons. The van der Waals surface area contributed by atoms with Crippen LogP contribution >= 0.6 is 0 Å². The van der Waals surface area contributed by atoms with Crippen LogP contribution in [0.15, 0.2) is 54.7 Å². The fourth-order valence-electron chi connectivity index (χ4n) is 8.11. The van der Waals surface area contributed by atoms with E-state index in [9.17, 15) is 19.5 Å². The van der Waals surface area contributed by atoms with Crippen molar-refractivity contribution in [1.29, 1.82) is 0 Å². The molecule has 4 rings (SSSR count). The molecule has 11 heteroatoms. The van der Waals surface area contributed by atoms with Crippen molar-refractivity contribution in [2.75, 3.05) is 33.5 Å². The average Bonchev–Trinajstić information content (AvgIpc) is 3.20. The zero-order valence-electron chi connectivity index (χ0n) is 33.9. The molecule has 2 aliphatic rings. The Labute approximate surface area is 330 Å². The number of aromatic nitrogens is 1. The van der Waals surface area contributed by atoms with Gasteiger partial charge in [0.2, 0.25) is 17.7 Å². The molecule has 1 aromatic heterocycles. The van der Waals surface area contributed by atoms with Crippen molar-refractivity contribution in [3.8, 4) is 0 Å². The van der Waals surface area contributed by atoms with Gasteiger partial charge in [0.05, 0.1) is 30.3 Å². The second-order valence-corrected chi connectivity index (χ2v) is 16.1. The predicted octanol–water partition coefficient (Wildman–Crippen LogP) is 5.59. The van der Waals surface area contributed by atoms with E-state index in [1.807, 2.05) is 67.3 Å². The lowest BCUT2D eigenvalue weighted by atomic mass is 9.81. The molecule has 1 aliphatic carbocycles. The summed E-state index contributed by atoms with van der Waals surface area (Å²) in [5, 5.41) is 21.8. The lowest BCUT2D eigenvalue weighted by Crippen LogP contribution is -2.58. The van der Waals surface area contributed by atoms with Crippen LogP contribution in [-0.2, 0) is 36.7 Å². The van der Waals surface area contributed by atoms with Crippen LogP contribution in [0.2, 0.25) is 0 Å². The number of pyridine rings is 1. The zero-order chi connectivity index (χ0) is 39.4. The van der Waals surface area contributed by atoms with Crippen molar-refractivity contribution in [2.24, 2.45) is 17.8 Å². The summed E-state index contributed by atoms with van der Waals surface area (Å²) in [6.07, 6.45) is 12.2. The van der Waals surface area contributed by atoms with E-state index in [2.05, 4.69) is 27.9 Å². The first-order chi connectivity index (χ1) is 26.7. The SMILES string of the molecule is CCCC[C@H](NC(Cc1ccccc1)C(=O)N1CCC(OCOC)CC1)C(=O)N[C@@H](CC1CCCCC1)[C@@H](O)C[C@H](C(=O)NCCc1ccccn1)C(C)C. The van der Waals surface area contributed by atoms with E-state index in [1.54, 1.807) is 13.3 Å². The molecule has 1 aromatic carbocycles. The Morgan fingerprint density at radius 2 is 1.67 bits per heavy atom. The van der Waals surface area contributed by atoms with Gasteiger partial charge in [-0.1, -0.05) is 102 Å². The highest BCUT2D eigenvalue weighted by atomic mass is 16.7. The quantitative estimate of drug-likeness (QED) is 0.107. The number of methoxy groups -OCH3 is 1. The Kier molecular flexibility index (Phi) is 19.6. The largest absolute Gasteiger partial charge is 0.391 e. The van der Waals surface area contributed by atoms with Crippen molar-refractivity contribution in [3.63, 3.8) is 0 Å². The van der Waals surface area contributed by atoms with Gasteiger partial charge in [0.15, 0.2) is 0 Å². The van der Waals surface area contributed by atoms with Crippen molar-refractivity contribution in [2.45, 2.75) is 141 Å². The Hall–Kier alpha value is -3.38. The van der Waals surface area contributed by atoms with Gasteiger partial charge in [0.1, 0.15) is 6.79 Å². The van der Waals surface area contributed by atoms with Crippen LogP contribution in [0.25, 0.3) is 0 Å². The van der Waals surface area contributed by atoms with E-state index in [-0.39, 0.29) is 43.0 Å². The van der Waals surface area contributed by atoms with Gasteiger partial charge in [0.25, 0.3) is 0 Å². The molecule has 0 radical (unpaired) electrons. The number of amides is 3. The van der Waals surface area contributed by atoms with Gasteiger partial charge < -0.3 is 30.1 Å². The maximum atomic E-state index is 14.4. The van der Waals surface area contributed by atoms with E-state index in [1.165, 1.54) is 6.42 Å². The number of hydrogen-bond acceptors (Lipinski definition) is 8. The van der Waals surface area contributed by atoms with Crippen LogP contribution in [0.4, 0.5) is 0 Å². The standard InChI is InChI=1S/C44H69N5O6/c1-5-6-20-38(47-40(29-34-17-11-8-12-18-34)44(53)49-26-22-36(23-27-49)55-31-54-4)43(52)48-39(28-33-15-9-7-10-16-33)41(50)30-37(32(2)3)42(51)46-25-21-35-19-13-14-24-45-35/h8,11-14,17-19,24,32-33,36-41,47,50H,5-7,9-10,15-16,20-23,25-31H2,1-4H3,(H,46,51)(H,48,52)/t37-,38-,39-,40?,41-/m0/s1. The molecule has 1 aliphatic heterocycles. The molecule has 1 saturated heterocycles. The number of aliphatic hydroxyl groups excluding tert-OH is 1. The van der Waals surface area contributed by atoms with E-state index >= 15 is 0 Å². The minimum Gasteiger partial charge on any atom is -0.391 e. The summed E-state index contributed by atoms with van der Waals surface area (Å²) in [7, 11) is 1.61. The summed E-state index contributed by atoms with van der Waals surface area (Å²) in [6.45, 7) is 7.97. The highest BCUT2D eigenvalue weighted by molar-refractivity contribution is 5.86. The minimum atomic E-state index is -0.907. The zero-order valence-corrected chi connectivity index (χ0v) is 33.9. The van der Waals surface area contributed by atoms with E-state index < -0.39 is 30.1 Å². The molecule has 5 atom stereocenters. The van der Waals surface area contributed by atoms with E-state index in [4.69, 9.17) is 9.47 Å². The molecule has 0 bridgehead atoms. The van der Waals surface area contributed by atoms with Crippen molar-refractivity contribution in [3.05, 3.63) is 66.0 Å². The minimum absolute atomic E-state index is 0.00383. The summed E-state index contributed by atoms with van der Waals surface area (Å²) in [4.78, 5) is 48.4. The third-order valence-corrected chi connectivity index (χ3v) is 11.5. The number of hydrogen-bond donors (Lipinski definition) is 4. The van der Waals surface area contributed by atoms with Gasteiger partial charge in [-0.05, 0) is 68.1 Å². The molecule has 2 aromatic rings. The number of carbonyl (C=O) groups excluding carboxylic acids is 3. The third kappa shape index (κ3) is 15.2. The summed E-state index contributed by atoms with van der Waals surface area (Å²) < 4.78 is 10.9. The van der Waals surface area contributed by atoms with Gasteiger partial charge in [0, 0.05) is 51.0 Å². The van der Waals surface area contributed by atoms with Crippen molar-refractivity contribution in [1.82, 2.24) is 25.8 Å². The Balaban J connectivity index is 1.49. The maximum Gasteiger partial charge on any atom is 0.240 e. The molecule has 2 heterocycles. The highest BCUT2D eigenvalue weighted by Gasteiger charge is 2.35. The van der Waals surface area contributed by atoms with E-state index in [0.29, 0.717) is 51.2 Å². The van der Waals surface area contributed by atoms with Gasteiger partial charge in [-0.15, -0.1) is 0 Å². The van der Waals surface area contributed by atoms with Gasteiger partial charge in [-0.3, -0.25) is 24.7 Å². The van der Waals surface area contributed by atoms with Crippen LogP contribution in [-0.4, -0.2) is 96.6 Å². The number of piperidine rings is 1. The highest BCUT2D eigenvalue weighted by Crippen LogP contribution is 2.30. The lowest BCUT2D eigenvalue weighted by molar-refractivity contribution is -0.139. The summed E-state index contributed by atoms with van der Waals surface area (Å²) in [6, 6.07) is 13.9. The molecule has 55 heavy (non-hydrogen) atoms. The first kappa shape index (κ1) is 44.3. The fourth-order valence-corrected chi connectivity index (χ4v) is 8.11. The van der Waals surface area contributed by atoms with Crippen molar-refractivity contribution >= 4 is 17.7 Å². The number of aliphatic hydroxyl groups is 1. The number of ether oxygens (including phenoxy) is 2. The summed E-state index contributed by atoms with van der Waals surface area (Å²) >= 11 is 0. The monoisotopic (exact) mass is 764 g/mol. The number of nitrogens with one attached hydrogen (secondary N) is 3. The number of carbonyl (C=O) groups is 3. The molecule has 0 spiro atoms. The predicted molar refractivity (Wildman–Crippen MR) is 216 cm³/mol. The Morgan fingerprint density at radius 3 is 2.33 bits per heavy atom. The molecule has 1 unspecified atom stereocenters. The van der Waals surface area contributed by atoms with Crippen LogP contribution in [0, 0.1) is 17.8 Å². The Bertz CT molecular complexity index is 1380. The molecule has 1 saturated carbocycles. The number of nitrogens with zero attached hydrogens (tertiary/aromatic N) is 2. The van der Waals surface area contributed by atoms with E-state index in [0.717, 1.165) is 62.6 Å². The number of rotatable bonds is 23. The van der Waals surface area contributed by atoms with Gasteiger partial charge >= 0.3 is 0 Å². The normalized spacial score (nSPS) is 18.3.